The molecule has 0 aromatic heterocycles. The van der Waals surface area contributed by atoms with Gasteiger partial charge in [-0.05, 0) is 43.9 Å². The second-order valence-corrected chi connectivity index (χ2v) is 9.42. The topological polar surface area (TPSA) is 76.7 Å². The maximum Gasteiger partial charge on any atom is 0.233 e. The highest BCUT2D eigenvalue weighted by molar-refractivity contribution is 6.05. The van der Waals surface area contributed by atoms with Crippen molar-refractivity contribution in [1.82, 2.24) is 10.6 Å². The van der Waals surface area contributed by atoms with Crippen molar-refractivity contribution in [3.05, 3.63) is 0 Å². The summed E-state index contributed by atoms with van der Waals surface area (Å²) in [6.45, 7) is 0. The summed E-state index contributed by atoms with van der Waals surface area (Å²) in [6.07, 6.45) is 4.74. The first-order valence-electron chi connectivity index (χ1n) is 10.7. The average molecular weight is 378 g/mol. The minimum absolute atomic E-state index is 0.0274. The van der Waals surface area contributed by atoms with Gasteiger partial charge in [-0.2, -0.15) is 0 Å². The van der Waals surface area contributed by atoms with Crippen LogP contribution in [0, 0.1) is 23.7 Å². The molecule has 3 saturated carbocycles. The normalized spacial score (nSPS) is 56.4. The summed E-state index contributed by atoms with van der Waals surface area (Å²) in [4.78, 5) is 25.4. The van der Waals surface area contributed by atoms with Crippen LogP contribution in [-0.2, 0) is 19.1 Å². The predicted molar refractivity (Wildman–Crippen MR) is 92.4 cm³/mol. The van der Waals surface area contributed by atoms with Crippen molar-refractivity contribution in [3.63, 3.8) is 0 Å². The molecule has 3 aliphatic heterocycles. The number of amides is 2. The SMILES string of the molecule is O=C1NC(=O)C2C1C1OC3CCCCC3OC1C1NC3CCC(F)CC3C12. The zero-order valence-corrected chi connectivity index (χ0v) is 15.3. The monoisotopic (exact) mass is 378 g/mol. The van der Waals surface area contributed by atoms with Crippen LogP contribution in [0.2, 0.25) is 0 Å². The zero-order chi connectivity index (χ0) is 18.3. The Balaban J connectivity index is 1.39. The summed E-state index contributed by atoms with van der Waals surface area (Å²) >= 11 is 0. The molecule has 7 heteroatoms. The van der Waals surface area contributed by atoms with Gasteiger partial charge in [-0.25, -0.2) is 4.39 Å². The van der Waals surface area contributed by atoms with Crippen molar-refractivity contribution in [2.24, 2.45) is 23.7 Å². The molecule has 148 valence electrons. The Labute approximate surface area is 157 Å². The highest BCUT2D eigenvalue weighted by Crippen LogP contribution is 2.53. The number of nitrogens with one attached hydrogen (secondary N) is 2. The van der Waals surface area contributed by atoms with Crippen molar-refractivity contribution in [1.29, 1.82) is 0 Å². The van der Waals surface area contributed by atoms with E-state index in [1.165, 1.54) is 0 Å². The van der Waals surface area contributed by atoms with Gasteiger partial charge < -0.3 is 14.8 Å². The molecule has 3 aliphatic carbocycles. The van der Waals surface area contributed by atoms with Crippen molar-refractivity contribution < 1.29 is 23.5 Å². The second kappa shape index (κ2) is 5.97. The number of ether oxygens (including phenoxy) is 2. The standard InChI is InChI=1S/C20H27FN2O4/c21-8-5-6-10-9(7-8)13-14-15(20(25)23-19(14)24)17-18(16(13)22-10)27-12-4-2-1-3-11(12)26-17/h8-18,22H,1-7H2,(H,23,24,25). The van der Waals surface area contributed by atoms with Crippen LogP contribution in [0.15, 0.2) is 0 Å². The molecular formula is C20H27FN2O4. The van der Waals surface area contributed by atoms with E-state index in [1.54, 1.807) is 0 Å². The van der Waals surface area contributed by atoms with E-state index in [-0.39, 0.29) is 60.1 Å². The summed E-state index contributed by atoms with van der Waals surface area (Å²) < 4.78 is 27.2. The fourth-order valence-electron chi connectivity index (χ4n) is 7.11. The van der Waals surface area contributed by atoms with Crippen LogP contribution in [0.5, 0.6) is 0 Å². The molecule has 11 unspecified atom stereocenters. The minimum Gasteiger partial charge on any atom is -0.369 e. The number of imide groups is 1. The van der Waals surface area contributed by atoms with E-state index in [0.717, 1.165) is 32.1 Å². The van der Waals surface area contributed by atoms with Crippen LogP contribution < -0.4 is 10.6 Å². The summed E-state index contributed by atoms with van der Waals surface area (Å²) in [5, 5.41) is 6.24. The molecule has 0 aromatic rings. The third-order valence-electron chi connectivity index (χ3n) is 8.14. The van der Waals surface area contributed by atoms with Gasteiger partial charge in [0.25, 0.3) is 0 Å². The third kappa shape index (κ3) is 2.34. The summed E-state index contributed by atoms with van der Waals surface area (Å²) in [5.74, 6) is -1.29. The molecule has 3 saturated heterocycles. The molecule has 6 nitrogen and oxygen atoms in total. The summed E-state index contributed by atoms with van der Waals surface area (Å²) in [7, 11) is 0. The lowest BCUT2D eigenvalue weighted by Crippen LogP contribution is -2.66. The lowest BCUT2D eigenvalue weighted by molar-refractivity contribution is -0.265. The van der Waals surface area contributed by atoms with Gasteiger partial charge in [0.15, 0.2) is 0 Å². The van der Waals surface area contributed by atoms with Gasteiger partial charge in [-0.3, -0.25) is 14.9 Å². The zero-order valence-electron chi connectivity index (χ0n) is 15.3. The van der Waals surface area contributed by atoms with Crippen LogP contribution in [-0.4, -0.2) is 54.5 Å². The molecule has 2 N–H and O–H groups in total. The van der Waals surface area contributed by atoms with Gasteiger partial charge in [0.2, 0.25) is 11.8 Å². The molecule has 0 aromatic carbocycles. The van der Waals surface area contributed by atoms with Gasteiger partial charge in [0.05, 0.1) is 30.1 Å². The van der Waals surface area contributed by atoms with Gasteiger partial charge in [0, 0.05) is 12.1 Å². The smallest absolute Gasteiger partial charge is 0.233 e. The van der Waals surface area contributed by atoms with E-state index < -0.39 is 18.0 Å². The number of carbonyl (C=O) groups excluding carboxylic acids is 2. The Morgan fingerprint density at radius 2 is 1.59 bits per heavy atom. The average Bonchev–Trinajstić information content (AvgIpc) is 3.17. The number of hydrogen-bond donors (Lipinski definition) is 2. The van der Waals surface area contributed by atoms with Gasteiger partial charge >= 0.3 is 0 Å². The predicted octanol–water partition coefficient (Wildman–Crippen LogP) is 1.08. The van der Waals surface area contributed by atoms with Crippen LogP contribution >= 0.6 is 0 Å². The molecule has 27 heavy (non-hydrogen) atoms. The summed E-state index contributed by atoms with van der Waals surface area (Å²) in [5.41, 5.74) is 0. The van der Waals surface area contributed by atoms with E-state index in [2.05, 4.69) is 10.6 Å². The molecule has 0 spiro atoms. The molecule has 0 radical (unpaired) electrons. The van der Waals surface area contributed by atoms with E-state index in [9.17, 15) is 14.0 Å². The molecule has 11 atom stereocenters. The van der Waals surface area contributed by atoms with E-state index >= 15 is 0 Å². The largest absolute Gasteiger partial charge is 0.369 e. The summed E-state index contributed by atoms with van der Waals surface area (Å²) in [6, 6.07) is 0.179. The van der Waals surface area contributed by atoms with Gasteiger partial charge in [-0.1, -0.05) is 12.8 Å². The minimum atomic E-state index is -0.811. The number of carbonyl (C=O) groups is 2. The second-order valence-electron chi connectivity index (χ2n) is 9.42. The molecule has 3 heterocycles. The first kappa shape index (κ1) is 16.9. The molecule has 6 rings (SSSR count). The fraction of sp³-hybridized carbons (Fsp3) is 0.900. The number of rotatable bonds is 0. The first-order valence-corrected chi connectivity index (χ1v) is 10.7. The maximum absolute atomic E-state index is 14.2. The van der Waals surface area contributed by atoms with Crippen LogP contribution in [0.25, 0.3) is 0 Å². The lowest BCUT2D eigenvalue weighted by Gasteiger charge is -2.52. The Morgan fingerprint density at radius 3 is 2.37 bits per heavy atom. The van der Waals surface area contributed by atoms with Crippen LogP contribution in [0.3, 0.4) is 0 Å². The Kier molecular flexibility index (Phi) is 3.73. The molecular weight excluding hydrogens is 351 g/mol. The highest BCUT2D eigenvalue weighted by atomic mass is 19.1. The van der Waals surface area contributed by atoms with E-state index in [0.29, 0.717) is 12.8 Å². The Hall–Kier alpha value is -1.05. The fourth-order valence-corrected chi connectivity index (χ4v) is 7.11. The third-order valence-corrected chi connectivity index (χ3v) is 8.14. The number of hydrogen-bond acceptors (Lipinski definition) is 5. The van der Waals surface area contributed by atoms with E-state index in [4.69, 9.17) is 9.47 Å². The molecule has 0 bridgehead atoms. The number of alkyl halides is 1. The quantitative estimate of drug-likeness (QED) is 0.617. The molecule has 6 aliphatic rings. The van der Waals surface area contributed by atoms with Gasteiger partial charge in [-0.15, -0.1) is 0 Å². The van der Waals surface area contributed by atoms with E-state index in [1.807, 2.05) is 0 Å². The van der Waals surface area contributed by atoms with Crippen molar-refractivity contribution >= 4 is 11.8 Å². The Bertz CT molecular complexity index is 674. The maximum atomic E-state index is 14.2. The first-order chi connectivity index (χ1) is 13.1. The molecule has 2 amide bonds. The Morgan fingerprint density at radius 1 is 0.889 bits per heavy atom. The van der Waals surface area contributed by atoms with Crippen molar-refractivity contribution in [3.8, 4) is 0 Å². The van der Waals surface area contributed by atoms with Crippen LogP contribution in [0.4, 0.5) is 4.39 Å². The molecule has 6 fully saturated rings. The van der Waals surface area contributed by atoms with Crippen molar-refractivity contribution in [2.45, 2.75) is 87.6 Å². The van der Waals surface area contributed by atoms with Gasteiger partial charge in [0.1, 0.15) is 12.3 Å². The lowest BCUT2D eigenvalue weighted by atomic mass is 9.62. The number of fused-ring (bicyclic) bond motifs is 9. The highest BCUT2D eigenvalue weighted by Gasteiger charge is 2.67. The van der Waals surface area contributed by atoms with Crippen molar-refractivity contribution in [2.75, 3.05) is 0 Å². The van der Waals surface area contributed by atoms with Crippen LogP contribution in [0.1, 0.15) is 44.9 Å². The number of halogens is 1.